The molecule has 0 spiro atoms. The third-order valence-corrected chi connectivity index (χ3v) is 4.68. The summed E-state index contributed by atoms with van der Waals surface area (Å²) in [6.07, 6.45) is 2.89. The smallest absolute Gasteiger partial charge is 0.266 e. The minimum atomic E-state index is -0.519. The van der Waals surface area contributed by atoms with E-state index in [0.29, 0.717) is 27.9 Å². The summed E-state index contributed by atoms with van der Waals surface area (Å²) in [5, 5.41) is 0.404. The number of nitrogen functional groups attached to an aromatic ring is 1. The molecule has 3 heterocycles. The van der Waals surface area contributed by atoms with Gasteiger partial charge < -0.3 is 10.3 Å². The third kappa shape index (κ3) is 2.71. The first-order chi connectivity index (χ1) is 14.1. The Morgan fingerprint density at radius 2 is 1.79 bits per heavy atom. The molecule has 0 radical (unpaired) electrons. The van der Waals surface area contributed by atoms with E-state index in [2.05, 4.69) is 19.9 Å². The Kier molecular flexibility index (Phi) is 3.80. The van der Waals surface area contributed by atoms with Gasteiger partial charge in [0.15, 0.2) is 11.5 Å². The molecule has 3 aromatic heterocycles. The predicted octanol–water partition coefficient (Wildman–Crippen LogP) is 2.29. The normalized spacial score (nSPS) is 11.3. The molecular formula is C20H14FN7O. The number of nitrogens with zero attached hydrogens (tertiary/aromatic N) is 6. The lowest BCUT2D eigenvalue weighted by molar-refractivity contribution is 0.607. The number of rotatable bonds is 3. The van der Waals surface area contributed by atoms with Crippen LogP contribution >= 0.6 is 0 Å². The number of benzene rings is 2. The summed E-state index contributed by atoms with van der Waals surface area (Å²) in [5.41, 5.74) is 7.11. The molecular weight excluding hydrogens is 373 g/mol. The minimum Gasteiger partial charge on any atom is -0.382 e. The maximum absolute atomic E-state index is 14.6. The largest absolute Gasteiger partial charge is 0.382 e. The second-order valence-electron chi connectivity index (χ2n) is 6.44. The topological polar surface area (TPSA) is 105 Å². The van der Waals surface area contributed by atoms with Crippen molar-refractivity contribution in [1.82, 2.24) is 29.1 Å². The van der Waals surface area contributed by atoms with Gasteiger partial charge in [-0.05, 0) is 24.3 Å². The van der Waals surface area contributed by atoms with Crippen LogP contribution in [0.1, 0.15) is 5.82 Å². The van der Waals surface area contributed by atoms with Crippen LogP contribution in [0.4, 0.5) is 10.2 Å². The van der Waals surface area contributed by atoms with E-state index in [1.165, 1.54) is 17.0 Å². The molecule has 0 saturated carbocycles. The molecule has 5 rings (SSSR count). The van der Waals surface area contributed by atoms with E-state index in [1.54, 1.807) is 53.4 Å². The number of halogens is 1. The molecule has 2 aromatic carbocycles. The Morgan fingerprint density at radius 1 is 1.00 bits per heavy atom. The summed E-state index contributed by atoms with van der Waals surface area (Å²) >= 11 is 0. The Labute approximate surface area is 163 Å². The van der Waals surface area contributed by atoms with Crippen LogP contribution in [0.25, 0.3) is 27.8 Å². The molecule has 0 unspecified atom stereocenters. The number of hydrogen-bond acceptors (Lipinski definition) is 6. The van der Waals surface area contributed by atoms with Crippen LogP contribution < -0.4 is 11.3 Å². The van der Waals surface area contributed by atoms with Gasteiger partial charge in [0.05, 0.1) is 29.5 Å². The van der Waals surface area contributed by atoms with E-state index < -0.39 is 5.82 Å². The number of aromatic nitrogens is 6. The van der Waals surface area contributed by atoms with E-state index in [1.807, 2.05) is 0 Å². The Morgan fingerprint density at radius 3 is 2.66 bits per heavy atom. The van der Waals surface area contributed by atoms with E-state index in [0.717, 1.165) is 0 Å². The lowest BCUT2D eigenvalue weighted by Crippen LogP contribution is -2.26. The molecule has 0 bridgehead atoms. The van der Waals surface area contributed by atoms with Crippen molar-refractivity contribution in [3.63, 3.8) is 0 Å². The summed E-state index contributed by atoms with van der Waals surface area (Å²) in [4.78, 5) is 30.3. The van der Waals surface area contributed by atoms with E-state index in [-0.39, 0.29) is 23.6 Å². The average Bonchev–Trinajstić information content (AvgIpc) is 3.14. The second-order valence-corrected chi connectivity index (χ2v) is 6.44. The van der Waals surface area contributed by atoms with Gasteiger partial charge in [-0.15, -0.1) is 0 Å². The number of imidazole rings is 1. The Balaban J connectivity index is 1.78. The molecule has 9 heteroatoms. The monoisotopic (exact) mass is 387 g/mol. The Bertz CT molecular complexity index is 1440. The highest BCUT2D eigenvalue weighted by Gasteiger charge is 2.17. The van der Waals surface area contributed by atoms with Gasteiger partial charge >= 0.3 is 0 Å². The van der Waals surface area contributed by atoms with E-state index in [9.17, 15) is 9.18 Å². The second kappa shape index (κ2) is 6.48. The highest BCUT2D eigenvalue weighted by molar-refractivity contribution is 5.81. The summed E-state index contributed by atoms with van der Waals surface area (Å²) in [6, 6.07) is 13.1. The van der Waals surface area contributed by atoms with Crippen molar-refractivity contribution in [3.8, 4) is 5.69 Å². The molecule has 142 valence electrons. The van der Waals surface area contributed by atoms with Crippen LogP contribution in [0, 0.1) is 5.82 Å². The zero-order valence-corrected chi connectivity index (χ0v) is 15.0. The van der Waals surface area contributed by atoms with Gasteiger partial charge in [0, 0.05) is 0 Å². The molecule has 2 N–H and O–H groups in total. The summed E-state index contributed by atoms with van der Waals surface area (Å²) < 4.78 is 17.6. The van der Waals surface area contributed by atoms with Crippen molar-refractivity contribution in [2.45, 2.75) is 6.54 Å². The molecule has 5 aromatic rings. The number of fused-ring (bicyclic) bond motifs is 2. The first kappa shape index (κ1) is 17.0. The molecule has 0 fully saturated rings. The third-order valence-electron chi connectivity index (χ3n) is 4.68. The average molecular weight is 387 g/mol. The van der Waals surface area contributed by atoms with Crippen molar-refractivity contribution in [2.24, 2.45) is 0 Å². The molecule has 8 nitrogen and oxygen atoms in total. The van der Waals surface area contributed by atoms with Gasteiger partial charge in [0.2, 0.25) is 0 Å². The lowest BCUT2D eigenvalue weighted by atomic mass is 10.2. The number of hydrogen-bond donors (Lipinski definition) is 1. The van der Waals surface area contributed by atoms with Gasteiger partial charge in [-0.25, -0.2) is 24.3 Å². The molecule has 0 amide bonds. The number of anilines is 1. The Hall–Kier alpha value is -4.14. The molecule has 29 heavy (non-hydrogen) atoms. The molecule has 0 aliphatic heterocycles. The highest BCUT2D eigenvalue weighted by atomic mass is 19.1. The zero-order valence-electron chi connectivity index (χ0n) is 15.0. The van der Waals surface area contributed by atoms with Crippen molar-refractivity contribution in [1.29, 1.82) is 0 Å². The van der Waals surface area contributed by atoms with Crippen molar-refractivity contribution < 1.29 is 4.39 Å². The van der Waals surface area contributed by atoms with Crippen LogP contribution in [0.5, 0.6) is 0 Å². The predicted molar refractivity (Wildman–Crippen MR) is 106 cm³/mol. The van der Waals surface area contributed by atoms with Gasteiger partial charge in [-0.1, -0.05) is 24.3 Å². The lowest BCUT2D eigenvalue weighted by Gasteiger charge is -2.15. The van der Waals surface area contributed by atoms with Crippen LogP contribution in [0.15, 0.2) is 66.0 Å². The molecule has 0 aliphatic rings. The number of nitrogens with two attached hydrogens (primary N) is 1. The first-order valence-electron chi connectivity index (χ1n) is 8.80. The van der Waals surface area contributed by atoms with Gasteiger partial charge in [-0.2, -0.15) is 0 Å². The van der Waals surface area contributed by atoms with Gasteiger partial charge in [-0.3, -0.25) is 9.36 Å². The number of para-hydroxylation sites is 2. The SMILES string of the molecule is Nc1ncnc2c1ncn2Cc1nc2ccccc2c(=O)n1-c1ccccc1F. The fourth-order valence-electron chi connectivity index (χ4n) is 3.33. The van der Waals surface area contributed by atoms with E-state index >= 15 is 0 Å². The first-order valence-corrected chi connectivity index (χ1v) is 8.80. The molecule has 0 aliphatic carbocycles. The maximum Gasteiger partial charge on any atom is 0.266 e. The summed E-state index contributed by atoms with van der Waals surface area (Å²) in [7, 11) is 0. The van der Waals surface area contributed by atoms with Gasteiger partial charge in [0.1, 0.15) is 23.5 Å². The fourth-order valence-corrected chi connectivity index (χ4v) is 3.33. The van der Waals surface area contributed by atoms with Crippen LogP contribution in [0.3, 0.4) is 0 Å². The zero-order chi connectivity index (χ0) is 20.0. The summed E-state index contributed by atoms with van der Waals surface area (Å²) in [5.74, 6) is 0.0805. The van der Waals surface area contributed by atoms with Crippen molar-refractivity contribution in [2.75, 3.05) is 5.73 Å². The van der Waals surface area contributed by atoms with Crippen molar-refractivity contribution in [3.05, 3.63) is 83.2 Å². The summed E-state index contributed by atoms with van der Waals surface area (Å²) in [6.45, 7) is 0.140. The van der Waals surface area contributed by atoms with Crippen LogP contribution in [-0.4, -0.2) is 29.1 Å². The molecule has 0 saturated heterocycles. The quantitative estimate of drug-likeness (QED) is 0.509. The fraction of sp³-hybridized carbons (Fsp3) is 0.0500. The molecule has 0 atom stereocenters. The standard InChI is InChI=1S/C20H14FN7O/c21-13-6-2-4-8-15(13)28-16(26-14-7-3-1-5-12(14)20(28)29)9-27-11-25-17-18(22)23-10-24-19(17)27/h1-8,10-11H,9H2,(H2,22,23,24). The van der Waals surface area contributed by atoms with Crippen LogP contribution in [-0.2, 0) is 6.54 Å². The van der Waals surface area contributed by atoms with Crippen molar-refractivity contribution >= 4 is 27.9 Å². The van der Waals surface area contributed by atoms with Crippen LogP contribution in [0.2, 0.25) is 0 Å². The van der Waals surface area contributed by atoms with E-state index in [4.69, 9.17) is 5.73 Å². The maximum atomic E-state index is 14.6. The highest BCUT2D eigenvalue weighted by Crippen LogP contribution is 2.19. The van der Waals surface area contributed by atoms with Gasteiger partial charge in [0.25, 0.3) is 5.56 Å². The minimum absolute atomic E-state index is 0.129.